The van der Waals surface area contributed by atoms with E-state index in [1.165, 1.54) is 0 Å². The van der Waals surface area contributed by atoms with E-state index in [2.05, 4.69) is 0 Å². The molecule has 0 radical (unpaired) electrons. The quantitative estimate of drug-likeness (QED) is 0.548. The number of hydrogen-bond donors (Lipinski definition) is 0. The van der Waals surface area contributed by atoms with E-state index < -0.39 is 6.16 Å². The fourth-order valence-electron chi connectivity index (χ4n) is 0.917. The van der Waals surface area contributed by atoms with Gasteiger partial charge in [-0.15, -0.1) is 0 Å². The number of carbonyl (C=O) groups is 1. The van der Waals surface area contributed by atoms with E-state index in [1.54, 1.807) is 12.1 Å². The highest BCUT2D eigenvalue weighted by atomic mass is 16.7. The van der Waals surface area contributed by atoms with Gasteiger partial charge < -0.3 is 9.47 Å². The zero-order valence-corrected chi connectivity index (χ0v) is 8.45. The third-order valence-electron chi connectivity index (χ3n) is 1.65. The van der Waals surface area contributed by atoms with Crippen molar-refractivity contribution in [1.29, 1.82) is 0 Å². The first-order valence-corrected chi connectivity index (χ1v) is 4.63. The van der Waals surface area contributed by atoms with Gasteiger partial charge in [-0.05, 0) is 25.5 Å². The van der Waals surface area contributed by atoms with E-state index in [1.807, 2.05) is 26.0 Å². The van der Waals surface area contributed by atoms with Crippen molar-refractivity contribution in [3.63, 3.8) is 0 Å². The minimum Gasteiger partial charge on any atom is -0.434 e. The van der Waals surface area contributed by atoms with E-state index in [0.717, 1.165) is 12.0 Å². The summed E-state index contributed by atoms with van der Waals surface area (Å²) in [7, 11) is 0. The van der Waals surface area contributed by atoms with E-state index >= 15 is 0 Å². The molecule has 76 valence electrons. The van der Waals surface area contributed by atoms with Crippen LogP contribution in [0.3, 0.4) is 0 Å². The van der Waals surface area contributed by atoms with Crippen LogP contribution in [0.5, 0.6) is 5.75 Å². The van der Waals surface area contributed by atoms with Gasteiger partial charge >= 0.3 is 6.16 Å². The van der Waals surface area contributed by atoms with Crippen molar-refractivity contribution in [2.24, 2.45) is 0 Å². The molecule has 0 unspecified atom stereocenters. The van der Waals surface area contributed by atoms with Crippen molar-refractivity contribution in [3.8, 4) is 5.75 Å². The van der Waals surface area contributed by atoms with Crippen LogP contribution in [0.4, 0.5) is 4.79 Å². The molecule has 0 saturated carbocycles. The molecule has 0 amide bonds. The standard InChI is InChI=1S/C11H14O3/c1-3-8-13-11(12)14-10-6-4-9(2)5-7-10/h4-7H,3,8H2,1-2H3. The Morgan fingerprint density at radius 3 is 2.50 bits per heavy atom. The molecule has 0 aliphatic heterocycles. The Morgan fingerprint density at radius 1 is 1.29 bits per heavy atom. The second kappa shape index (κ2) is 5.27. The second-order valence-corrected chi connectivity index (χ2v) is 3.01. The van der Waals surface area contributed by atoms with E-state index in [4.69, 9.17) is 9.47 Å². The summed E-state index contributed by atoms with van der Waals surface area (Å²) in [6.07, 6.45) is 0.152. The molecule has 0 fully saturated rings. The molecule has 0 spiro atoms. The van der Waals surface area contributed by atoms with E-state index in [-0.39, 0.29) is 0 Å². The van der Waals surface area contributed by atoms with Crippen LogP contribution in [-0.2, 0) is 4.74 Å². The van der Waals surface area contributed by atoms with Gasteiger partial charge in [0.1, 0.15) is 5.75 Å². The van der Waals surface area contributed by atoms with Crippen LogP contribution in [0.15, 0.2) is 24.3 Å². The molecule has 1 rings (SSSR count). The number of carbonyl (C=O) groups excluding carboxylic acids is 1. The lowest BCUT2D eigenvalue weighted by Gasteiger charge is -2.04. The highest BCUT2D eigenvalue weighted by molar-refractivity contribution is 5.63. The minimum absolute atomic E-state index is 0.394. The van der Waals surface area contributed by atoms with Gasteiger partial charge in [0.05, 0.1) is 6.61 Å². The van der Waals surface area contributed by atoms with Gasteiger partial charge in [0.2, 0.25) is 0 Å². The molecule has 1 aromatic rings. The topological polar surface area (TPSA) is 35.5 Å². The SMILES string of the molecule is CCCOC(=O)Oc1ccc(C)cc1. The monoisotopic (exact) mass is 194 g/mol. The number of ether oxygens (including phenoxy) is 2. The summed E-state index contributed by atoms with van der Waals surface area (Å²) in [6.45, 7) is 4.29. The average molecular weight is 194 g/mol. The highest BCUT2D eigenvalue weighted by Crippen LogP contribution is 2.11. The molecule has 14 heavy (non-hydrogen) atoms. The van der Waals surface area contributed by atoms with Gasteiger partial charge in [0, 0.05) is 0 Å². The second-order valence-electron chi connectivity index (χ2n) is 3.01. The van der Waals surface area contributed by atoms with Crippen molar-refractivity contribution >= 4 is 6.16 Å². The maximum atomic E-state index is 11.0. The fourth-order valence-corrected chi connectivity index (χ4v) is 0.917. The summed E-state index contributed by atoms with van der Waals surface area (Å²) in [5.41, 5.74) is 1.12. The third kappa shape index (κ3) is 3.47. The van der Waals surface area contributed by atoms with Gasteiger partial charge in [-0.1, -0.05) is 24.6 Å². The first-order chi connectivity index (χ1) is 6.72. The van der Waals surface area contributed by atoms with Crippen molar-refractivity contribution < 1.29 is 14.3 Å². The molecule has 0 aliphatic rings. The lowest BCUT2D eigenvalue weighted by atomic mass is 10.2. The molecular weight excluding hydrogens is 180 g/mol. The molecule has 0 aliphatic carbocycles. The number of rotatable bonds is 3. The number of benzene rings is 1. The summed E-state index contributed by atoms with van der Waals surface area (Å²) < 4.78 is 9.67. The van der Waals surface area contributed by atoms with Crippen molar-refractivity contribution in [3.05, 3.63) is 29.8 Å². The highest BCUT2D eigenvalue weighted by Gasteiger charge is 2.03. The van der Waals surface area contributed by atoms with E-state index in [0.29, 0.717) is 12.4 Å². The van der Waals surface area contributed by atoms with Gasteiger partial charge in [0.15, 0.2) is 0 Å². The fraction of sp³-hybridized carbons (Fsp3) is 0.364. The Kier molecular flexibility index (Phi) is 3.98. The van der Waals surface area contributed by atoms with Gasteiger partial charge in [0.25, 0.3) is 0 Å². The molecule has 0 bridgehead atoms. The Bertz CT molecular complexity index is 290. The first-order valence-electron chi connectivity index (χ1n) is 4.63. The molecule has 3 heteroatoms. The van der Waals surface area contributed by atoms with Gasteiger partial charge in [-0.25, -0.2) is 4.79 Å². The molecule has 0 atom stereocenters. The largest absolute Gasteiger partial charge is 0.513 e. The lowest BCUT2D eigenvalue weighted by molar-refractivity contribution is 0.0992. The summed E-state index contributed by atoms with van der Waals surface area (Å²) in [4.78, 5) is 11.0. The first kappa shape index (κ1) is 10.6. The Balaban J connectivity index is 2.44. The minimum atomic E-state index is -0.643. The molecule has 3 nitrogen and oxygen atoms in total. The van der Waals surface area contributed by atoms with Crippen LogP contribution < -0.4 is 4.74 Å². The van der Waals surface area contributed by atoms with Crippen molar-refractivity contribution in [1.82, 2.24) is 0 Å². The molecular formula is C11H14O3. The normalized spacial score (nSPS) is 9.57. The Hall–Kier alpha value is -1.51. The van der Waals surface area contributed by atoms with Gasteiger partial charge in [-0.3, -0.25) is 0 Å². The molecule has 0 aromatic heterocycles. The maximum Gasteiger partial charge on any atom is 0.513 e. The maximum absolute atomic E-state index is 11.0. The predicted molar refractivity (Wildman–Crippen MR) is 53.4 cm³/mol. The van der Waals surface area contributed by atoms with Crippen molar-refractivity contribution in [2.75, 3.05) is 6.61 Å². The smallest absolute Gasteiger partial charge is 0.434 e. The molecule has 1 aromatic carbocycles. The van der Waals surface area contributed by atoms with E-state index in [9.17, 15) is 4.79 Å². The molecule has 0 saturated heterocycles. The summed E-state index contributed by atoms with van der Waals surface area (Å²) in [6, 6.07) is 7.23. The van der Waals surface area contributed by atoms with Crippen LogP contribution in [0.2, 0.25) is 0 Å². The Morgan fingerprint density at radius 2 is 1.93 bits per heavy atom. The van der Waals surface area contributed by atoms with Crippen LogP contribution in [-0.4, -0.2) is 12.8 Å². The molecule has 0 N–H and O–H groups in total. The Labute approximate surface area is 83.6 Å². The predicted octanol–water partition coefficient (Wildman–Crippen LogP) is 2.92. The van der Waals surface area contributed by atoms with Crippen LogP contribution in [0.25, 0.3) is 0 Å². The lowest BCUT2D eigenvalue weighted by Crippen LogP contribution is -2.10. The summed E-state index contributed by atoms with van der Waals surface area (Å²) >= 11 is 0. The average Bonchev–Trinajstić information content (AvgIpc) is 2.18. The summed E-state index contributed by atoms with van der Waals surface area (Å²) in [5, 5.41) is 0. The van der Waals surface area contributed by atoms with Crippen molar-refractivity contribution in [2.45, 2.75) is 20.3 Å². The number of aryl methyl sites for hydroxylation is 1. The van der Waals surface area contributed by atoms with Crippen LogP contribution >= 0.6 is 0 Å². The zero-order valence-electron chi connectivity index (χ0n) is 8.45. The van der Waals surface area contributed by atoms with Crippen LogP contribution in [0, 0.1) is 6.92 Å². The third-order valence-corrected chi connectivity index (χ3v) is 1.65. The molecule has 0 heterocycles. The summed E-state index contributed by atoms with van der Waals surface area (Å²) in [5.74, 6) is 0.511. The zero-order chi connectivity index (χ0) is 10.4. The van der Waals surface area contributed by atoms with Gasteiger partial charge in [-0.2, -0.15) is 0 Å². The number of hydrogen-bond acceptors (Lipinski definition) is 3. The van der Waals surface area contributed by atoms with Crippen LogP contribution in [0.1, 0.15) is 18.9 Å².